The number of hydrogen-bond acceptors (Lipinski definition) is 5. The molecule has 1 heterocycles. The van der Waals surface area contributed by atoms with Gasteiger partial charge < -0.3 is 25.3 Å². The zero-order valence-electron chi connectivity index (χ0n) is 10.8. The number of rotatable bonds is 6. The van der Waals surface area contributed by atoms with E-state index < -0.39 is 0 Å². The number of carbonyl (C=O) groups excluding carboxylic acids is 1. The van der Waals surface area contributed by atoms with Gasteiger partial charge in [-0.05, 0) is 12.8 Å². The van der Waals surface area contributed by atoms with Crippen molar-refractivity contribution in [1.82, 2.24) is 5.32 Å². The molecule has 2 fully saturated rings. The lowest BCUT2D eigenvalue weighted by molar-refractivity contribution is -0.142. The zero-order chi connectivity index (χ0) is 13.0. The van der Waals surface area contributed by atoms with Gasteiger partial charge in [0.2, 0.25) is 5.91 Å². The van der Waals surface area contributed by atoms with Crippen molar-refractivity contribution in [3.05, 3.63) is 0 Å². The molecule has 0 bridgehead atoms. The molecule has 18 heavy (non-hydrogen) atoms. The van der Waals surface area contributed by atoms with E-state index in [1.165, 1.54) is 0 Å². The van der Waals surface area contributed by atoms with Crippen LogP contribution in [-0.4, -0.2) is 57.6 Å². The first-order valence-corrected chi connectivity index (χ1v) is 6.47. The topological polar surface area (TPSA) is 82.8 Å². The normalized spacial score (nSPS) is 34.6. The summed E-state index contributed by atoms with van der Waals surface area (Å²) in [6, 6.07) is -0.0490. The number of hydrogen-bond donors (Lipinski definition) is 2. The quantitative estimate of drug-likeness (QED) is 0.614. The van der Waals surface area contributed by atoms with Gasteiger partial charge in [0.15, 0.2) is 0 Å². The molecule has 0 aromatic carbocycles. The van der Waals surface area contributed by atoms with Gasteiger partial charge in [-0.3, -0.25) is 4.79 Å². The van der Waals surface area contributed by atoms with E-state index in [1.807, 2.05) is 0 Å². The first-order valence-electron chi connectivity index (χ1n) is 6.47. The molecular weight excluding hydrogens is 236 g/mol. The van der Waals surface area contributed by atoms with E-state index in [9.17, 15) is 4.79 Å². The Kier molecular flexibility index (Phi) is 4.94. The van der Waals surface area contributed by atoms with E-state index in [1.54, 1.807) is 7.11 Å². The average Bonchev–Trinajstić information content (AvgIpc) is 2.40. The van der Waals surface area contributed by atoms with Gasteiger partial charge in [0.05, 0.1) is 25.4 Å². The smallest absolute Gasteiger partial charge is 0.246 e. The molecule has 0 radical (unpaired) electrons. The standard InChI is InChI=1S/C12H22N2O4/c1-16-5-6-17-7-9(15)14-11-10(13)8-3-2-4-18-12(8)11/h8,10-12H,2-7,13H2,1H3,(H,14,15). The lowest BCUT2D eigenvalue weighted by Gasteiger charge is -2.52. The van der Waals surface area contributed by atoms with Crippen LogP contribution in [0.2, 0.25) is 0 Å². The largest absolute Gasteiger partial charge is 0.382 e. The SMILES string of the molecule is COCCOCC(=O)NC1C(N)C2CCCOC21. The highest BCUT2D eigenvalue weighted by molar-refractivity contribution is 5.77. The maximum atomic E-state index is 11.6. The number of carbonyl (C=O) groups is 1. The van der Waals surface area contributed by atoms with E-state index in [0.29, 0.717) is 19.1 Å². The fourth-order valence-electron chi connectivity index (χ4n) is 2.66. The Morgan fingerprint density at radius 1 is 1.50 bits per heavy atom. The molecule has 4 unspecified atom stereocenters. The first-order chi connectivity index (χ1) is 8.74. The molecular formula is C12H22N2O4. The van der Waals surface area contributed by atoms with Crippen LogP contribution in [0.15, 0.2) is 0 Å². The van der Waals surface area contributed by atoms with Crippen molar-refractivity contribution in [2.24, 2.45) is 11.7 Å². The minimum atomic E-state index is -0.140. The van der Waals surface area contributed by atoms with E-state index >= 15 is 0 Å². The predicted molar refractivity (Wildman–Crippen MR) is 65.1 cm³/mol. The molecule has 6 heteroatoms. The van der Waals surface area contributed by atoms with E-state index in [2.05, 4.69) is 5.32 Å². The van der Waals surface area contributed by atoms with Crippen LogP contribution in [0.3, 0.4) is 0 Å². The molecule has 1 aliphatic heterocycles. The average molecular weight is 258 g/mol. The minimum Gasteiger partial charge on any atom is -0.382 e. The molecule has 0 spiro atoms. The van der Waals surface area contributed by atoms with Gasteiger partial charge in [0.1, 0.15) is 6.61 Å². The van der Waals surface area contributed by atoms with E-state index in [4.69, 9.17) is 19.9 Å². The fourth-order valence-corrected chi connectivity index (χ4v) is 2.66. The molecule has 4 atom stereocenters. The number of fused-ring (bicyclic) bond motifs is 1. The Bertz CT molecular complexity index is 287. The van der Waals surface area contributed by atoms with Crippen molar-refractivity contribution in [3.63, 3.8) is 0 Å². The molecule has 0 aromatic rings. The number of ether oxygens (including phenoxy) is 3. The molecule has 1 aliphatic carbocycles. The maximum Gasteiger partial charge on any atom is 0.246 e. The van der Waals surface area contributed by atoms with E-state index in [0.717, 1.165) is 19.4 Å². The minimum absolute atomic E-state index is 0.0122. The third-order valence-electron chi connectivity index (χ3n) is 3.67. The third-order valence-corrected chi connectivity index (χ3v) is 3.67. The second-order valence-electron chi connectivity index (χ2n) is 4.86. The Labute approximate surface area is 107 Å². The van der Waals surface area contributed by atoms with E-state index in [-0.39, 0.29) is 30.7 Å². The fraction of sp³-hybridized carbons (Fsp3) is 0.917. The Balaban J connectivity index is 1.68. The zero-order valence-corrected chi connectivity index (χ0v) is 10.8. The summed E-state index contributed by atoms with van der Waals surface area (Å²) in [5.41, 5.74) is 6.05. The van der Waals surface area contributed by atoms with Crippen LogP contribution >= 0.6 is 0 Å². The molecule has 6 nitrogen and oxygen atoms in total. The number of methoxy groups -OCH3 is 1. The summed E-state index contributed by atoms with van der Waals surface area (Å²) in [6.07, 6.45) is 2.26. The molecule has 104 valence electrons. The van der Waals surface area contributed by atoms with Crippen molar-refractivity contribution < 1.29 is 19.0 Å². The predicted octanol–water partition coefficient (Wildman–Crippen LogP) is -0.730. The second kappa shape index (κ2) is 6.47. The summed E-state index contributed by atoms with van der Waals surface area (Å²) in [5, 5.41) is 2.89. The second-order valence-corrected chi connectivity index (χ2v) is 4.86. The van der Waals surface area contributed by atoms with Crippen molar-refractivity contribution in [2.75, 3.05) is 33.5 Å². The molecule has 1 amide bonds. The number of amides is 1. The van der Waals surface area contributed by atoms with Crippen LogP contribution in [0.25, 0.3) is 0 Å². The molecule has 2 rings (SSSR count). The summed E-state index contributed by atoms with van der Waals surface area (Å²) in [4.78, 5) is 11.6. The van der Waals surface area contributed by atoms with Crippen LogP contribution in [0.1, 0.15) is 12.8 Å². The Morgan fingerprint density at radius 3 is 3.11 bits per heavy atom. The van der Waals surface area contributed by atoms with Crippen LogP contribution in [0.4, 0.5) is 0 Å². The third kappa shape index (κ3) is 3.00. The van der Waals surface area contributed by atoms with Crippen LogP contribution < -0.4 is 11.1 Å². The van der Waals surface area contributed by atoms with Crippen molar-refractivity contribution in [1.29, 1.82) is 0 Å². The molecule has 1 saturated heterocycles. The molecule has 3 N–H and O–H groups in total. The molecule has 2 aliphatic rings. The van der Waals surface area contributed by atoms with Gasteiger partial charge in [-0.2, -0.15) is 0 Å². The van der Waals surface area contributed by atoms with Gasteiger partial charge in [0, 0.05) is 25.7 Å². The number of nitrogens with two attached hydrogens (primary N) is 1. The highest BCUT2D eigenvalue weighted by Crippen LogP contribution is 2.36. The van der Waals surface area contributed by atoms with Gasteiger partial charge in [-0.25, -0.2) is 0 Å². The van der Waals surface area contributed by atoms with Gasteiger partial charge in [-0.15, -0.1) is 0 Å². The van der Waals surface area contributed by atoms with Gasteiger partial charge in [-0.1, -0.05) is 0 Å². The lowest BCUT2D eigenvalue weighted by atomic mass is 9.68. The maximum absolute atomic E-state index is 11.6. The summed E-state index contributed by atoms with van der Waals surface area (Å²) in [5.74, 6) is 0.262. The first kappa shape index (κ1) is 13.7. The monoisotopic (exact) mass is 258 g/mol. The van der Waals surface area contributed by atoms with Gasteiger partial charge in [0.25, 0.3) is 0 Å². The molecule has 0 aromatic heterocycles. The highest BCUT2D eigenvalue weighted by atomic mass is 16.5. The van der Waals surface area contributed by atoms with Crippen molar-refractivity contribution in [2.45, 2.75) is 31.0 Å². The number of nitrogens with one attached hydrogen (secondary N) is 1. The van der Waals surface area contributed by atoms with Crippen molar-refractivity contribution in [3.8, 4) is 0 Å². The Morgan fingerprint density at radius 2 is 2.33 bits per heavy atom. The van der Waals surface area contributed by atoms with Crippen molar-refractivity contribution >= 4 is 5.91 Å². The van der Waals surface area contributed by atoms with Gasteiger partial charge >= 0.3 is 0 Å². The highest BCUT2D eigenvalue weighted by Gasteiger charge is 2.50. The van der Waals surface area contributed by atoms with Crippen LogP contribution in [0, 0.1) is 5.92 Å². The summed E-state index contributed by atoms with van der Waals surface area (Å²) >= 11 is 0. The molecule has 1 saturated carbocycles. The van der Waals surface area contributed by atoms with Crippen LogP contribution in [0.5, 0.6) is 0 Å². The Hall–Kier alpha value is -0.690. The summed E-state index contributed by atoms with van der Waals surface area (Å²) in [7, 11) is 1.59. The summed E-state index contributed by atoms with van der Waals surface area (Å²) < 4.78 is 15.6. The lowest BCUT2D eigenvalue weighted by Crippen LogP contribution is -2.72. The summed E-state index contributed by atoms with van der Waals surface area (Å²) in [6.45, 7) is 1.72. The van der Waals surface area contributed by atoms with Crippen LogP contribution in [-0.2, 0) is 19.0 Å².